The third kappa shape index (κ3) is 3.56. The first-order valence-electron chi connectivity index (χ1n) is 8.26. The summed E-state index contributed by atoms with van der Waals surface area (Å²) in [4.78, 5) is 8.13. The summed E-state index contributed by atoms with van der Waals surface area (Å²) in [5.41, 5.74) is 2.57. The minimum absolute atomic E-state index is 0.449. The highest BCUT2D eigenvalue weighted by Gasteiger charge is 2.23. The lowest BCUT2D eigenvalue weighted by Gasteiger charge is -2.26. The number of hydrogen-bond donors (Lipinski definition) is 0. The molecule has 5 heteroatoms. The maximum Gasteiger partial charge on any atom is 0.111 e. The highest BCUT2D eigenvalue weighted by molar-refractivity contribution is 7.85. The minimum Gasteiger partial charge on any atom is -0.335 e. The van der Waals surface area contributed by atoms with Gasteiger partial charge in [-0.25, -0.2) is 4.98 Å². The quantitative estimate of drug-likeness (QED) is 0.845. The summed E-state index contributed by atoms with van der Waals surface area (Å²) in [6.45, 7) is 7.13. The molecular weight excluding hydrogens is 306 g/mol. The molecule has 1 unspecified atom stereocenters. The SMILES string of the molecule is CC(C)c1nc2c(n1C)CCN(CCS(=O)c1ccccc1)C2. The number of imidazole rings is 1. The van der Waals surface area contributed by atoms with Crippen LogP contribution in [0.15, 0.2) is 35.2 Å². The second-order valence-electron chi connectivity index (χ2n) is 6.47. The van der Waals surface area contributed by atoms with Crippen LogP contribution in [0, 0.1) is 0 Å². The number of nitrogens with zero attached hydrogens (tertiary/aromatic N) is 3. The molecule has 0 fully saturated rings. The zero-order valence-electron chi connectivity index (χ0n) is 14.2. The number of aromatic nitrogens is 2. The van der Waals surface area contributed by atoms with Gasteiger partial charge >= 0.3 is 0 Å². The van der Waals surface area contributed by atoms with E-state index in [1.54, 1.807) is 0 Å². The van der Waals surface area contributed by atoms with Crippen LogP contribution in [0.25, 0.3) is 0 Å². The number of rotatable bonds is 5. The molecular formula is C18H25N3OS. The predicted octanol–water partition coefficient (Wildman–Crippen LogP) is 2.71. The highest BCUT2D eigenvalue weighted by Crippen LogP contribution is 2.23. The Balaban J connectivity index is 1.62. The van der Waals surface area contributed by atoms with E-state index < -0.39 is 10.8 Å². The molecule has 0 N–H and O–H groups in total. The van der Waals surface area contributed by atoms with Crippen molar-refractivity contribution in [2.45, 2.75) is 37.6 Å². The van der Waals surface area contributed by atoms with Crippen LogP contribution in [0.4, 0.5) is 0 Å². The molecule has 1 aliphatic rings. The highest BCUT2D eigenvalue weighted by atomic mass is 32.2. The Bertz CT molecular complexity index is 694. The molecule has 0 saturated heterocycles. The van der Waals surface area contributed by atoms with Gasteiger partial charge in [-0.2, -0.15) is 0 Å². The van der Waals surface area contributed by atoms with Crippen molar-refractivity contribution >= 4 is 10.8 Å². The van der Waals surface area contributed by atoms with Crippen molar-refractivity contribution in [3.63, 3.8) is 0 Å². The lowest BCUT2D eigenvalue weighted by Crippen LogP contribution is -2.34. The van der Waals surface area contributed by atoms with Crippen molar-refractivity contribution in [1.29, 1.82) is 0 Å². The summed E-state index contributed by atoms with van der Waals surface area (Å²) in [6, 6.07) is 9.74. The van der Waals surface area contributed by atoms with Crippen LogP contribution in [0.1, 0.15) is 37.0 Å². The molecule has 3 rings (SSSR count). The molecule has 1 aromatic heterocycles. The molecule has 0 amide bonds. The molecule has 4 nitrogen and oxygen atoms in total. The van der Waals surface area contributed by atoms with Crippen LogP contribution in [0.2, 0.25) is 0 Å². The second kappa shape index (κ2) is 6.97. The standard InChI is InChI=1S/C18H25N3OS/c1-14(2)18-19-16-13-21(10-9-17(16)20(18)3)11-12-23(22)15-7-5-4-6-8-15/h4-8,14H,9-13H2,1-3H3. The largest absolute Gasteiger partial charge is 0.335 e. The van der Waals surface area contributed by atoms with Gasteiger partial charge < -0.3 is 4.57 Å². The normalized spacial score (nSPS) is 16.5. The van der Waals surface area contributed by atoms with Gasteiger partial charge in [-0.05, 0) is 12.1 Å². The van der Waals surface area contributed by atoms with Gasteiger partial charge in [0.15, 0.2) is 0 Å². The van der Waals surface area contributed by atoms with Crippen LogP contribution >= 0.6 is 0 Å². The Kier molecular flexibility index (Phi) is 4.97. The fourth-order valence-corrected chi connectivity index (χ4v) is 4.33. The Morgan fingerprint density at radius 1 is 1.26 bits per heavy atom. The van der Waals surface area contributed by atoms with Gasteiger partial charge in [-0.3, -0.25) is 9.11 Å². The fraction of sp³-hybridized carbons (Fsp3) is 0.500. The first-order chi connectivity index (χ1) is 11.1. The topological polar surface area (TPSA) is 38.1 Å². The Morgan fingerprint density at radius 2 is 2.00 bits per heavy atom. The minimum atomic E-state index is -0.917. The van der Waals surface area contributed by atoms with Gasteiger partial charge in [0.05, 0.1) is 16.5 Å². The van der Waals surface area contributed by atoms with Crippen molar-refractivity contribution in [3.05, 3.63) is 47.5 Å². The molecule has 2 heterocycles. The molecule has 1 atom stereocenters. The second-order valence-corrected chi connectivity index (χ2v) is 8.04. The maximum atomic E-state index is 12.3. The van der Waals surface area contributed by atoms with E-state index in [9.17, 15) is 4.21 Å². The Morgan fingerprint density at radius 3 is 2.70 bits per heavy atom. The lowest BCUT2D eigenvalue weighted by atomic mass is 10.1. The first kappa shape index (κ1) is 16.4. The van der Waals surface area contributed by atoms with Crippen molar-refractivity contribution < 1.29 is 4.21 Å². The van der Waals surface area contributed by atoms with Gasteiger partial charge in [0.25, 0.3) is 0 Å². The third-order valence-corrected chi connectivity index (χ3v) is 5.84. The summed E-state index contributed by atoms with van der Waals surface area (Å²) in [6.07, 6.45) is 1.03. The average molecular weight is 331 g/mol. The Hall–Kier alpha value is -1.46. The molecule has 23 heavy (non-hydrogen) atoms. The van der Waals surface area contributed by atoms with Gasteiger partial charge in [0.1, 0.15) is 5.82 Å². The molecule has 0 radical (unpaired) electrons. The summed E-state index contributed by atoms with van der Waals surface area (Å²) in [5, 5.41) is 0. The molecule has 1 aliphatic heterocycles. The van der Waals surface area contributed by atoms with E-state index in [-0.39, 0.29) is 0 Å². The van der Waals surface area contributed by atoms with Crippen LogP contribution in [0.3, 0.4) is 0 Å². The molecule has 0 aliphatic carbocycles. The molecule has 1 aromatic carbocycles. The van der Waals surface area contributed by atoms with Gasteiger partial charge in [-0.15, -0.1) is 0 Å². The monoisotopic (exact) mass is 331 g/mol. The average Bonchev–Trinajstić information content (AvgIpc) is 2.90. The van der Waals surface area contributed by atoms with E-state index in [4.69, 9.17) is 4.98 Å². The fourth-order valence-electron chi connectivity index (χ4n) is 3.21. The van der Waals surface area contributed by atoms with E-state index in [2.05, 4.69) is 30.4 Å². The zero-order chi connectivity index (χ0) is 16.4. The maximum absolute atomic E-state index is 12.3. The zero-order valence-corrected chi connectivity index (χ0v) is 15.0. The van der Waals surface area contributed by atoms with Crippen LogP contribution in [-0.4, -0.2) is 37.5 Å². The molecule has 0 spiro atoms. The van der Waals surface area contributed by atoms with E-state index >= 15 is 0 Å². The van der Waals surface area contributed by atoms with Crippen LogP contribution in [0.5, 0.6) is 0 Å². The van der Waals surface area contributed by atoms with Crippen LogP contribution in [-0.2, 0) is 30.8 Å². The van der Waals surface area contributed by atoms with E-state index in [0.29, 0.717) is 11.7 Å². The van der Waals surface area contributed by atoms with Crippen molar-refractivity contribution in [2.24, 2.45) is 7.05 Å². The summed E-state index contributed by atoms with van der Waals surface area (Å²) < 4.78 is 14.6. The number of fused-ring (bicyclic) bond motifs is 1. The van der Waals surface area contributed by atoms with Crippen molar-refractivity contribution in [3.8, 4) is 0 Å². The predicted molar refractivity (Wildman–Crippen MR) is 94.0 cm³/mol. The third-order valence-electron chi connectivity index (χ3n) is 4.48. The lowest BCUT2D eigenvalue weighted by molar-refractivity contribution is 0.263. The molecule has 124 valence electrons. The number of benzene rings is 1. The Labute approximate surface area is 141 Å². The molecule has 2 aromatic rings. The van der Waals surface area contributed by atoms with Gasteiger partial charge in [-0.1, -0.05) is 32.0 Å². The van der Waals surface area contributed by atoms with E-state index in [0.717, 1.165) is 31.0 Å². The van der Waals surface area contributed by atoms with E-state index in [1.165, 1.54) is 17.2 Å². The molecule has 0 saturated carbocycles. The van der Waals surface area contributed by atoms with Gasteiger partial charge in [0.2, 0.25) is 0 Å². The van der Waals surface area contributed by atoms with Gasteiger partial charge in [0, 0.05) is 55.4 Å². The molecule has 0 bridgehead atoms. The summed E-state index contributed by atoms with van der Waals surface area (Å²) in [7, 11) is 1.21. The van der Waals surface area contributed by atoms with Crippen molar-refractivity contribution in [2.75, 3.05) is 18.8 Å². The summed E-state index contributed by atoms with van der Waals surface area (Å²) >= 11 is 0. The summed E-state index contributed by atoms with van der Waals surface area (Å²) in [5.74, 6) is 2.30. The van der Waals surface area contributed by atoms with Crippen molar-refractivity contribution in [1.82, 2.24) is 14.5 Å². The van der Waals surface area contributed by atoms with Crippen LogP contribution < -0.4 is 0 Å². The van der Waals surface area contributed by atoms with E-state index in [1.807, 2.05) is 30.3 Å². The first-order valence-corrected chi connectivity index (χ1v) is 9.58. The number of hydrogen-bond acceptors (Lipinski definition) is 3. The smallest absolute Gasteiger partial charge is 0.111 e.